The second kappa shape index (κ2) is 7.98. The molecule has 0 aliphatic heterocycles. The molecule has 2 atom stereocenters. The molecule has 2 N–H and O–H groups in total. The fourth-order valence-electron chi connectivity index (χ4n) is 3.54. The van der Waals surface area contributed by atoms with Crippen molar-refractivity contribution in [1.82, 2.24) is 0 Å². The Morgan fingerprint density at radius 2 is 1.77 bits per heavy atom. The first-order valence-electron chi connectivity index (χ1n) is 8.36. The molecule has 1 aromatic carbocycles. The highest BCUT2D eigenvalue weighted by atomic mass is 35.5. The number of amides is 1. The molecule has 2 aliphatic carbocycles. The van der Waals surface area contributed by atoms with Gasteiger partial charge in [-0.15, -0.1) is 12.4 Å². The Balaban J connectivity index is 0.00000176. The predicted octanol–water partition coefficient (Wildman–Crippen LogP) is 3.76. The monoisotopic (exact) mass is 322 g/mol. The van der Waals surface area contributed by atoms with Crippen molar-refractivity contribution >= 4 is 24.0 Å². The number of rotatable bonds is 4. The average molecular weight is 323 g/mol. The van der Waals surface area contributed by atoms with E-state index in [1.807, 2.05) is 23.1 Å². The van der Waals surface area contributed by atoms with Crippen LogP contribution in [-0.2, 0) is 4.79 Å². The summed E-state index contributed by atoms with van der Waals surface area (Å²) in [7, 11) is 0. The van der Waals surface area contributed by atoms with Gasteiger partial charge in [-0.25, -0.2) is 0 Å². The summed E-state index contributed by atoms with van der Waals surface area (Å²) in [5.41, 5.74) is 7.12. The topological polar surface area (TPSA) is 46.3 Å². The Kier molecular flexibility index (Phi) is 6.27. The van der Waals surface area contributed by atoms with E-state index in [9.17, 15) is 4.79 Å². The number of hydrogen-bond donors (Lipinski definition) is 1. The maximum Gasteiger partial charge on any atom is 0.230 e. The maximum absolute atomic E-state index is 13.0. The Morgan fingerprint density at radius 3 is 2.36 bits per heavy atom. The van der Waals surface area contributed by atoms with Crippen molar-refractivity contribution in [2.45, 2.75) is 51.0 Å². The minimum Gasteiger partial charge on any atom is -0.328 e. The van der Waals surface area contributed by atoms with Crippen molar-refractivity contribution < 1.29 is 4.79 Å². The number of benzene rings is 1. The molecule has 2 fully saturated rings. The van der Waals surface area contributed by atoms with Crippen LogP contribution in [0.4, 0.5) is 5.69 Å². The van der Waals surface area contributed by atoms with Gasteiger partial charge >= 0.3 is 0 Å². The summed E-state index contributed by atoms with van der Waals surface area (Å²) in [5, 5.41) is 0. The van der Waals surface area contributed by atoms with Gasteiger partial charge in [-0.1, -0.05) is 31.0 Å². The normalized spacial score (nSPS) is 25.0. The first kappa shape index (κ1) is 17.3. The molecule has 0 saturated heterocycles. The molecule has 0 heterocycles. The molecule has 3 rings (SSSR count). The lowest BCUT2D eigenvalue weighted by atomic mass is 9.83. The summed E-state index contributed by atoms with van der Waals surface area (Å²) < 4.78 is 0. The third-order valence-corrected chi connectivity index (χ3v) is 5.06. The number of carbonyl (C=O) groups excluding carboxylic acids is 1. The van der Waals surface area contributed by atoms with Crippen molar-refractivity contribution in [3.05, 3.63) is 30.3 Å². The summed E-state index contributed by atoms with van der Waals surface area (Å²) in [6, 6.07) is 10.4. The minimum absolute atomic E-state index is 0. The molecule has 2 aliphatic rings. The molecule has 122 valence electrons. The van der Waals surface area contributed by atoms with E-state index < -0.39 is 0 Å². The van der Waals surface area contributed by atoms with Crippen LogP contribution in [0.1, 0.15) is 44.9 Å². The quantitative estimate of drug-likeness (QED) is 0.917. The van der Waals surface area contributed by atoms with Gasteiger partial charge in [-0.2, -0.15) is 0 Å². The van der Waals surface area contributed by atoms with Crippen LogP contribution < -0.4 is 10.6 Å². The summed E-state index contributed by atoms with van der Waals surface area (Å²) in [6.07, 6.45) is 7.85. The second-order valence-corrected chi connectivity index (χ2v) is 6.70. The van der Waals surface area contributed by atoms with E-state index >= 15 is 0 Å². The molecule has 0 spiro atoms. The third-order valence-electron chi connectivity index (χ3n) is 5.06. The lowest BCUT2D eigenvalue weighted by molar-refractivity contribution is -0.123. The largest absolute Gasteiger partial charge is 0.328 e. The van der Waals surface area contributed by atoms with E-state index in [0.29, 0.717) is 11.8 Å². The van der Waals surface area contributed by atoms with Gasteiger partial charge < -0.3 is 10.6 Å². The van der Waals surface area contributed by atoms with Gasteiger partial charge in [0.05, 0.1) is 0 Å². The number of anilines is 1. The molecule has 4 heteroatoms. The van der Waals surface area contributed by atoms with Crippen LogP contribution in [0.2, 0.25) is 0 Å². The highest BCUT2D eigenvalue weighted by Crippen LogP contribution is 2.32. The van der Waals surface area contributed by atoms with Gasteiger partial charge in [0, 0.05) is 24.2 Å². The van der Waals surface area contributed by atoms with Crippen molar-refractivity contribution in [2.24, 2.45) is 17.6 Å². The summed E-state index contributed by atoms with van der Waals surface area (Å²) in [5.74, 6) is 1.10. The molecule has 2 saturated carbocycles. The number of hydrogen-bond acceptors (Lipinski definition) is 2. The molecular weight excluding hydrogens is 296 g/mol. The summed E-state index contributed by atoms with van der Waals surface area (Å²) >= 11 is 0. The number of halogens is 1. The molecule has 2 unspecified atom stereocenters. The third kappa shape index (κ3) is 4.02. The second-order valence-electron chi connectivity index (χ2n) is 6.70. The average Bonchev–Trinajstić information content (AvgIpc) is 2.46. The van der Waals surface area contributed by atoms with Crippen molar-refractivity contribution in [1.29, 1.82) is 0 Å². The Bertz CT molecular complexity index is 475. The first-order chi connectivity index (χ1) is 10.2. The van der Waals surface area contributed by atoms with Crippen LogP contribution in [-0.4, -0.2) is 18.5 Å². The van der Waals surface area contributed by atoms with Crippen LogP contribution in [0.25, 0.3) is 0 Å². The zero-order valence-corrected chi connectivity index (χ0v) is 13.9. The molecule has 22 heavy (non-hydrogen) atoms. The van der Waals surface area contributed by atoms with E-state index in [4.69, 9.17) is 5.73 Å². The zero-order valence-electron chi connectivity index (χ0n) is 13.1. The van der Waals surface area contributed by atoms with E-state index in [2.05, 4.69) is 12.1 Å². The van der Waals surface area contributed by atoms with E-state index in [0.717, 1.165) is 37.9 Å². The van der Waals surface area contributed by atoms with Gasteiger partial charge in [-0.3, -0.25) is 4.79 Å². The smallest absolute Gasteiger partial charge is 0.230 e. The van der Waals surface area contributed by atoms with Crippen LogP contribution in [0.5, 0.6) is 0 Å². The van der Waals surface area contributed by atoms with E-state index in [1.165, 1.54) is 19.3 Å². The van der Waals surface area contributed by atoms with Gasteiger partial charge in [0.15, 0.2) is 0 Å². The highest BCUT2D eigenvalue weighted by Gasteiger charge is 2.31. The number of para-hydroxylation sites is 1. The Morgan fingerprint density at radius 1 is 1.09 bits per heavy atom. The molecule has 1 aromatic rings. The maximum atomic E-state index is 13.0. The van der Waals surface area contributed by atoms with E-state index in [1.54, 1.807) is 0 Å². The van der Waals surface area contributed by atoms with Gasteiger partial charge in [0.25, 0.3) is 0 Å². The lowest BCUT2D eigenvalue weighted by Gasteiger charge is -2.36. The molecule has 0 bridgehead atoms. The van der Waals surface area contributed by atoms with E-state index in [-0.39, 0.29) is 24.4 Å². The summed E-state index contributed by atoms with van der Waals surface area (Å²) in [4.78, 5) is 15.0. The van der Waals surface area contributed by atoms with Crippen molar-refractivity contribution in [2.75, 3.05) is 11.4 Å². The standard InChI is InChI=1S/C18H26N2O.ClH/c19-16-9-5-8-15(12-16)18(21)20(13-14-6-4-7-14)17-10-2-1-3-11-17;/h1-3,10-11,14-16H,4-9,12-13,19H2;1H. The van der Waals surface area contributed by atoms with Crippen LogP contribution in [0.3, 0.4) is 0 Å². The number of carbonyl (C=O) groups is 1. The van der Waals surface area contributed by atoms with Crippen LogP contribution in [0, 0.1) is 11.8 Å². The van der Waals surface area contributed by atoms with Crippen LogP contribution in [0.15, 0.2) is 30.3 Å². The van der Waals surface area contributed by atoms with Crippen LogP contribution >= 0.6 is 12.4 Å². The number of nitrogens with two attached hydrogens (primary N) is 1. The molecule has 0 radical (unpaired) electrons. The first-order valence-corrected chi connectivity index (χ1v) is 8.36. The predicted molar refractivity (Wildman–Crippen MR) is 93.3 cm³/mol. The SMILES string of the molecule is Cl.NC1CCCC(C(=O)N(CC2CCC2)c2ccccc2)C1. The van der Waals surface area contributed by atoms with Gasteiger partial charge in [-0.05, 0) is 50.2 Å². The lowest BCUT2D eigenvalue weighted by Crippen LogP contribution is -2.43. The fourth-order valence-corrected chi connectivity index (χ4v) is 3.54. The number of nitrogens with zero attached hydrogens (tertiary/aromatic N) is 1. The van der Waals surface area contributed by atoms with Crippen molar-refractivity contribution in [3.63, 3.8) is 0 Å². The van der Waals surface area contributed by atoms with Gasteiger partial charge in [0.2, 0.25) is 5.91 Å². The summed E-state index contributed by atoms with van der Waals surface area (Å²) in [6.45, 7) is 0.884. The Hall–Kier alpha value is -1.06. The highest BCUT2D eigenvalue weighted by molar-refractivity contribution is 5.95. The molecular formula is C18H27ClN2O. The fraction of sp³-hybridized carbons (Fsp3) is 0.611. The Labute approximate surface area is 139 Å². The molecule has 0 aromatic heterocycles. The zero-order chi connectivity index (χ0) is 14.7. The molecule has 3 nitrogen and oxygen atoms in total. The molecule has 1 amide bonds. The van der Waals surface area contributed by atoms with Gasteiger partial charge in [0.1, 0.15) is 0 Å². The van der Waals surface area contributed by atoms with Crippen molar-refractivity contribution in [3.8, 4) is 0 Å². The minimum atomic E-state index is 0.